The van der Waals surface area contributed by atoms with Gasteiger partial charge in [-0.05, 0) is 32.5 Å². The summed E-state index contributed by atoms with van der Waals surface area (Å²) in [5.41, 5.74) is 1.17. The van der Waals surface area contributed by atoms with Crippen LogP contribution in [0.3, 0.4) is 0 Å². The number of amides is 1. The Labute approximate surface area is 151 Å². The first-order valence-corrected chi connectivity index (χ1v) is 9.48. The number of hydrogen-bond acceptors (Lipinski definition) is 4. The Bertz CT molecular complexity index is 576. The fraction of sp³-hybridized carbons (Fsp3) is 0.650. The molecular formula is C20H31N3O2. The van der Waals surface area contributed by atoms with Crippen molar-refractivity contribution in [3.05, 3.63) is 29.8 Å². The maximum atomic E-state index is 12.8. The van der Waals surface area contributed by atoms with E-state index < -0.39 is 0 Å². The lowest BCUT2D eigenvalue weighted by atomic mass is 10.1. The van der Waals surface area contributed by atoms with Crippen LogP contribution in [0.25, 0.3) is 0 Å². The van der Waals surface area contributed by atoms with Crippen LogP contribution in [0.4, 0.5) is 0 Å². The zero-order chi connectivity index (χ0) is 17.8. The third-order valence-electron chi connectivity index (χ3n) is 5.58. The summed E-state index contributed by atoms with van der Waals surface area (Å²) in [6, 6.07) is 8.14. The van der Waals surface area contributed by atoms with Gasteiger partial charge in [0.15, 0.2) is 0 Å². The number of likely N-dealkylation sites (N-methyl/N-ethyl adjacent to an activating group) is 1. The van der Waals surface area contributed by atoms with Gasteiger partial charge in [0.2, 0.25) is 5.91 Å². The van der Waals surface area contributed by atoms with Crippen LogP contribution < -0.4 is 4.74 Å². The zero-order valence-electron chi connectivity index (χ0n) is 15.8. The maximum absolute atomic E-state index is 12.8. The number of benzene rings is 1. The smallest absolute Gasteiger partial charge is 0.239 e. The average molecular weight is 345 g/mol. The minimum Gasteiger partial charge on any atom is -0.490 e. The van der Waals surface area contributed by atoms with Crippen LogP contribution in [0.2, 0.25) is 0 Å². The van der Waals surface area contributed by atoms with Gasteiger partial charge in [0.25, 0.3) is 0 Å². The summed E-state index contributed by atoms with van der Waals surface area (Å²) >= 11 is 0. The highest BCUT2D eigenvalue weighted by atomic mass is 16.5. The van der Waals surface area contributed by atoms with Crippen molar-refractivity contribution in [2.24, 2.45) is 0 Å². The summed E-state index contributed by atoms with van der Waals surface area (Å²) in [4.78, 5) is 19.5. The molecule has 1 amide bonds. The molecule has 0 aliphatic carbocycles. The Morgan fingerprint density at radius 1 is 1.08 bits per heavy atom. The largest absolute Gasteiger partial charge is 0.490 e. The van der Waals surface area contributed by atoms with E-state index in [1.165, 1.54) is 5.56 Å². The van der Waals surface area contributed by atoms with Crippen LogP contribution in [0.15, 0.2) is 24.3 Å². The number of rotatable bonds is 4. The van der Waals surface area contributed by atoms with Crippen LogP contribution in [0, 0.1) is 6.92 Å². The molecule has 138 valence electrons. The molecule has 2 saturated heterocycles. The van der Waals surface area contributed by atoms with E-state index in [1.54, 1.807) is 0 Å². The monoisotopic (exact) mass is 345 g/mol. The third-order valence-corrected chi connectivity index (χ3v) is 5.58. The van der Waals surface area contributed by atoms with Crippen LogP contribution >= 0.6 is 0 Å². The molecule has 1 atom stereocenters. The second-order valence-corrected chi connectivity index (χ2v) is 7.42. The lowest BCUT2D eigenvalue weighted by molar-refractivity contribution is -0.138. The number of ether oxygens (including phenoxy) is 1. The Balaban J connectivity index is 1.48. The second kappa shape index (κ2) is 8.19. The van der Waals surface area contributed by atoms with Gasteiger partial charge in [0.05, 0.1) is 6.04 Å². The zero-order valence-corrected chi connectivity index (χ0v) is 15.8. The number of piperazine rings is 1. The standard InChI is InChI=1S/C20H31N3O2/c1-16-6-4-5-7-19(16)25-18-8-10-23(11-9-18)20(24)17(2)22-14-12-21(3)13-15-22/h4-7,17-18H,8-15H2,1-3H3/t17-/m1/s1. The van der Waals surface area contributed by atoms with Crippen molar-refractivity contribution in [3.8, 4) is 5.75 Å². The number of likely N-dealkylation sites (tertiary alicyclic amines) is 1. The van der Waals surface area contributed by atoms with E-state index in [-0.39, 0.29) is 18.1 Å². The van der Waals surface area contributed by atoms with E-state index in [2.05, 4.69) is 36.8 Å². The molecule has 2 fully saturated rings. The van der Waals surface area contributed by atoms with Crippen LogP contribution in [0.1, 0.15) is 25.3 Å². The van der Waals surface area contributed by atoms with Gasteiger partial charge in [-0.1, -0.05) is 18.2 Å². The SMILES string of the molecule is Cc1ccccc1OC1CCN(C(=O)[C@@H](C)N2CCN(C)CC2)CC1. The van der Waals surface area contributed by atoms with Gasteiger partial charge in [0.1, 0.15) is 11.9 Å². The highest BCUT2D eigenvalue weighted by molar-refractivity contribution is 5.81. The van der Waals surface area contributed by atoms with Crippen LogP contribution in [-0.2, 0) is 4.79 Å². The van der Waals surface area contributed by atoms with Gasteiger partial charge >= 0.3 is 0 Å². The number of hydrogen-bond donors (Lipinski definition) is 0. The summed E-state index contributed by atoms with van der Waals surface area (Å²) in [5.74, 6) is 1.25. The van der Waals surface area contributed by atoms with Crippen LogP contribution in [0.5, 0.6) is 5.75 Å². The quantitative estimate of drug-likeness (QED) is 0.836. The molecule has 2 aliphatic rings. The van der Waals surface area contributed by atoms with Crippen molar-refractivity contribution < 1.29 is 9.53 Å². The molecule has 5 heteroatoms. The summed E-state index contributed by atoms with van der Waals surface area (Å²) in [5, 5.41) is 0. The normalized spacial score (nSPS) is 22.0. The van der Waals surface area contributed by atoms with E-state index >= 15 is 0 Å². The maximum Gasteiger partial charge on any atom is 0.239 e. The molecule has 0 saturated carbocycles. The Morgan fingerprint density at radius 3 is 2.36 bits per heavy atom. The summed E-state index contributed by atoms with van der Waals surface area (Å²) < 4.78 is 6.15. The molecule has 3 rings (SSSR count). The molecule has 0 unspecified atom stereocenters. The Morgan fingerprint density at radius 2 is 1.72 bits per heavy atom. The topological polar surface area (TPSA) is 36.0 Å². The Kier molecular flexibility index (Phi) is 5.97. The van der Waals surface area contributed by atoms with E-state index in [0.717, 1.165) is 57.9 Å². The lowest BCUT2D eigenvalue weighted by Crippen LogP contribution is -2.55. The van der Waals surface area contributed by atoms with E-state index in [4.69, 9.17) is 4.74 Å². The fourth-order valence-electron chi connectivity index (χ4n) is 3.69. The first kappa shape index (κ1) is 18.2. The molecule has 1 aromatic carbocycles. The van der Waals surface area contributed by atoms with Crippen molar-refractivity contribution in [1.82, 2.24) is 14.7 Å². The van der Waals surface area contributed by atoms with Gasteiger partial charge in [-0.2, -0.15) is 0 Å². The minimum absolute atomic E-state index is 0.0115. The summed E-state index contributed by atoms with van der Waals surface area (Å²) in [7, 11) is 2.14. The number of piperidine rings is 1. The number of nitrogens with zero attached hydrogens (tertiary/aromatic N) is 3. The molecule has 0 radical (unpaired) electrons. The molecule has 2 heterocycles. The van der Waals surface area contributed by atoms with E-state index in [9.17, 15) is 4.79 Å². The number of para-hydroxylation sites is 1. The molecule has 0 N–H and O–H groups in total. The van der Waals surface area contributed by atoms with Crippen molar-refractivity contribution in [3.63, 3.8) is 0 Å². The van der Waals surface area contributed by atoms with Gasteiger partial charge in [-0.3, -0.25) is 9.69 Å². The first-order chi connectivity index (χ1) is 12.0. The van der Waals surface area contributed by atoms with E-state index in [1.807, 2.05) is 23.1 Å². The van der Waals surface area contributed by atoms with Crippen molar-refractivity contribution in [2.45, 2.75) is 38.8 Å². The molecular weight excluding hydrogens is 314 g/mol. The second-order valence-electron chi connectivity index (χ2n) is 7.42. The molecule has 1 aromatic rings. The molecule has 0 aromatic heterocycles. The highest BCUT2D eigenvalue weighted by Gasteiger charge is 2.31. The summed E-state index contributed by atoms with van der Waals surface area (Å²) in [6.07, 6.45) is 2.04. The van der Waals surface area contributed by atoms with Crippen molar-refractivity contribution >= 4 is 5.91 Å². The van der Waals surface area contributed by atoms with Crippen molar-refractivity contribution in [1.29, 1.82) is 0 Å². The minimum atomic E-state index is -0.0115. The van der Waals surface area contributed by atoms with Gasteiger partial charge in [0, 0.05) is 52.1 Å². The third kappa shape index (κ3) is 4.53. The number of carbonyl (C=O) groups is 1. The number of aryl methyl sites for hydroxylation is 1. The fourth-order valence-corrected chi connectivity index (χ4v) is 3.69. The predicted molar refractivity (Wildman–Crippen MR) is 99.9 cm³/mol. The van der Waals surface area contributed by atoms with E-state index in [0.29, 0.717) is 0 Å². The molecule has 0 bridgehead atoms. The average Bonchev–Trinajstić information content (AvgIpc) is 2.64. The molecule has 2 aliphatic heterocycles. The van der Waals surface area contributed by atoms with Crippen LogP contribution in [-0.4, -0.2) is 79.1 Å². The van der Waals surface area contributed by atoms with Gasteiger partial charge < -0.3 is 14.5 Å². The highest BCUT2D eigenvalue weighted by Crippen LogP contribution is 2.23. The summed E-state index contributed by atoms with van der Waals surface area (Å²) in [6.45, 7) is 9.79. The number of carbonyl (C=O) groups excluding carboxylic acids is 1. The predicted octanol–water partition coefficient (Wildman–Crippen LogP) is 2.00. The van der Waals surface area contributed by atoms with Crippen molar-refractivity contribution in [2.75, 3.05) is 46.3 Å². The van der Waals surface area contributed by atoms with Gasteiger partial charge in [-0.25, -0.2) is 0 Å². The Hall–Kier alpha value is -1.59. The molecule has 25 heavy (non-hydrogen) atoms. The van der Waals surface area contributed by atoms with Gasteiger partial charge in [-0.15, -0.1) is 0 Å². The first-order valence-electron chi connectivity index (χ1n) is 9.48. The lowest BCUT2D eigenvalue weighted by Gasteiger charge is -2.39. The molecule has 5 nitrogen and oxygen atoms in total. The molecule has 0 spiro atoms.